The van der Waals surface area contributed by atoms with E-state index >= 15 is 0 Å². The molecule has 8 heteroatoms. The van der Waals surface area contributed by atoms with Crippen LogP contribution in [0.2, 0.25) is 5.02 Å². The van der Waals surface area contributed by atoms with Crippen LogP contribution in [0.1, 0.15) is 0 Å². The first-order valence-corrected chi connectivity index (χ1v) is 6.49. The molecule has 0 unspecified atom stereocenters. The van der Waals surface area contributed by atoms with Crippen LogP contribution in [0.3, 0.4) is 0 Å². The summed E-state index contributed by atoms with van der Waals surface area (Å²) in [5.74, 6) is 0. The van der Waals surface area contributed by atoms with E-state index in [4.69, 9.17) is 11.6 Å². The average Bonchev–Trinajstić information content (AvgIpc) is 2.88. The lowest BCUT2D eigenvalue weighted by molar-refractivity contribution is -0.384. The lowest BCUT2D eigenvalue weighted by atomic mass is 10.2. The van der Waals surface area contributed by atoms with Gasteiger partial charge in [0.05, 0.1) is 10.4 Å². The van der Waals surface area contributed by atoms with Gasteiger partial charge < -0.3 is 5.32 Å². The maximum absolute atomic E-state index is 11.0. The molecule has 0 amide bonds. The fourth-order valence-electron chi connectivity index (χ4n) is 2.00. The quantitative estimate of drug-likeness (QED) is 0.591. The zero-order valence-electron chi connectivity index (χ0n) is 10.7. The zero-order valence-corrected chi connectivity index (χ0v) is 11.5. The number of benzene rings is 2. The van der Waals surface area contributed by atoms with E-state index in [2.05, 4.69) is 15.6 Å². The van der Waals surface area contributed by atoms with Gasteiger partial charge in [0.15, 0.2) is 0 Å². The Morgan fingerprint density at radius 1 is 1.29 bits per heavy atom. The summed E-state index contributed by atoms with van der Waals surface area (Å²) in [6, 6.07) is 11.8. The highest BCUT2D eigenvalue weighted by Crippen LogP contribution is 2.27. The van der Waals surface area contributed by atoms with Crippen molar-refractivity contribution in [1.82, 2.24) is 15.0 Å². The van der Waals surface area contributed by atoms with Crippen molar-refractivity contribution in [1.29, 1.82) is 0 Å². The first kappa shape index (κ1) is 13.3. The van der Waals surface area contributed by atoms with Crippen LogP contribution in [0.15, 0.2) is 42.5 Å². The standard InChI is InChI=1S/C13H10ClN5O2/c14-9-5-6-13(19(20)21)11(7-9)15-8-18-12-4-2-1-3-10(12)16-17-18/h1-7,15H,8H2. The smallest absolute Gasteiger partial charge is 0.292 e. The van der Waals surface area contributed by atoms with Crippen molar-refractivity contribution >= 4 is 34.0 Å². The Balaban J connectivity index is 1.88. The molecule has 1 aromatic heterocycles. The molecule has 21 heavy (non-hydrogen) atoms. The molecule has 1 N–H and O–H groups in total. The van der Waals surface area contributed by atoms with E-state index in [0.717, 1.165) is 11.0 Å². The molecule has 0 atom stereocenters. The van der Waals surface area contributed by atoms with Crippen molar-refractivity contribution in [2.45, 2.75) is 6.67 Å². The van der Waals surface area contributed by atoms with E-state index in [1.54, 1.807) is 4.68 Å². The summed E-state index contributed by atoms with van der Waals surface area (Å²) < 4.78 is 1.62. The van der Waals surface area contributed by atoms with Gasteiger partial charge in [0, 0.05) is 11.1 Å². The van der Waals surface area contributed by atoms with Crippen LogP contribution >= 0.6 is 11.6 Å². The normalized spacial score (nSPS) is 10.7. The summed E-state index contributed by atoms with van der Waals surface area (Å²) in [6.07, 6.45) is 0. The summed E-state index contributed by atoms with van der Waals surface area (Å²) in [5.41, 5.74) is 1.91. The van der Waals surface area contributed by atoms with Gasteiger partial charge in [-0.15, -0.1) is 5.10 Å². The molecule has 0 radical (unpaired) electrons. The molecule has 0 saturated heterocycles. The molecule has 3 rings (SSSR count). The summed E-state index contributed by atoms with van der Waals surface area (Å²) in [6.45, 7) is 0.252. The van der Waals surface area contributed by atoms with E-state index in [1.165, 1.54) is 18.2 Å². The number of aromatic nitrogens is 3. The van der Waals surface area contributed by atoms with Crippen LogP contribution in [-0.2, 0) is 6.67 Å². The number of nitro groups is 1. The summed E-state index contributed by atoms with van der Waals surface area (Å²) in [5, 5.41) is 22.4. The Morgan fingerprint density at radius 2 is 2.10 bits per heavy atom. The number of anilines is 1. The second kappa shape index (κ2) is 5.37. The van der Waals surface area contributed by atoms with Crippen LogP contribution in [0, 0.1) is 10.1 Å². The van der Waals surface area contributed by atoms with Gasteiger partial charge in [0.1, 0.15) is 17.9 Å². The molecular formula is C13H10ClN5O2. The zero-order chi connectivity index (χ0) is 14.8. The van der Waals surface area contributed by atoms with Crippen molar-refractivity contribution in [3.8, 4) is 0 Å². The van der Waals surface area contributed by atoms with Crippen LogP contribution in [0.5, 0.6) is 0 Å². The van der Waals surface area contributed by atoms with Gasteiger partial charge in [-0.2, -0.15) is 0 Å². The van der Waals surface area contributed by atoms with E-state index in [1.807, 2.05) is 24.3 Å². The molecule has 2 aromatic carbocycles. The Hall–Kier alpha value is -2.67. The SMILES string of the molecule is O=[N+]([O-])c1ccc(Cl)cc1NCn1nnc2ccccc21. The average molecular weight is 304 g/mol. The third kappa shape index (κ3) is 2.63. The van der Waals surface area contributed by atoms with Crippen LogP contribution < -0.4 is 5.32 Å². The molecule has 0 spiro atoms. The van der Waals surface area contributed by atoms with Gasteiger partial charge >= 0.3 is 0 Å². The number of hydrogen-bond acceptors (Lipinski definition) is 5. The molecule has 0 fully saturated rings. The largest absolute Gasteiger partial charge is 0.360 e. The molecule has 0 aliphatic carbocycles. The Labute approximate surface area is 124 Å². The number of para-hydroxylation sites is 1. The molecule has 0 aliphatic heterocycles. The van der Waals surface area contributed by atoms with E-state index in [9.17, 15) is 10.1 Å². The molecular weight excluding hydrogens is 294 g/mol. The minimum absolute atomic E-state index is 0.0381. The number of rotatable bonds is 4. The van der Waals surface area contributed by atoms with Crippen LogP contribution in [-0.4, -0.2) is 19.9 Å². The van der Waals surface area contributed by atoms with Gasteiger partial charge in [-0.25, -0.2) is 4.68 Å². The van der Waals surface area contributed by atoms with Gasteiger partial charge in [0.25, 0.3) is 5.69 Å². The van der Waals surface area contributed by atoms with Crippen molar-refractivity contribution < 1.29 is 4.92 Å². The van der Waals surface area contributed by atoms with E-state index < -0.39 is 4.92 Å². The number of hydrogen-bond donors (Lipinski definition) is 1. The van der Waals surface area contributed by atoms with Crippen LogP contribution in [0.25, 0.3) is 11.0 Å². The minimum Gasteiger partial charge on any atom is -0.360 e. The maximum atomic E-state index is 11.0. The first-order valence-electron chi connectivity index (χ1n) is 6.11. The third-order valence-corrected chi connectivity index (χ3v) is 3.23. The predicted molar refractivity (Wildman–Crippen MR) is 79.3 cm³/mol. The van der Waals surface area contributed by atoms with Crippen LogP contribution in [0.4, 0.5) is 11.4 Å². The van der Waals surface area contributed by atoms with Crippen molar-refractivity contribution in [3.05, 3.63) is 57.6 Å². The highest BCUT2D eigenvalue weighted by Gasteiger charge is 2.14. The van der Waals surface area contributed by atoms with Gasteiger partial charge in [-0.05, 0) is 24.3 Å². The van der Waals surface area contributed by atoms with Gasteiger partial charge in [0.2, 0.25) is 0 Å². The second-order valence-electron chi connectivity index (χ2n) is 4.33. The van der Waals surface area contributed by atoms with Crippen molar-refractivity contribution in [3.63, 3.8) is 0 Å². The lowest BCUT2D eigenvalue weighted by Crippen LogP contribution is -2.10. The van der Waals surface area contributed by atoms with Gasteiger partial charge in [-0.1, -0.05) is 28.9 Å². The van der Waals surface area contributed by atoms with E-state index in [-0.39, 0.29) is 12.4 Å². The molecule has 106 valence electrons. The number of nitrogens with one attached hydrogen (secondary N) is 1. The summed E-state index contributed by atoms with van der Waals surface area (Å²) in [7, 11) is 0. The number of nitro benzene ring substituents is 1. The predicted octanol–water partition coefficient (Wildman–Crippen LogP) is 3.06. The Bertz CT molecular complexity index is 817. The molecule has 0 aliphatic rings. The highest BCUT2D eigenvalue weighted by molar-refractivity contribution is 6.31. The molecule has 7 nitrogen and oxygen atoms in total. The molecule has 0 saturated carbocycles. The summed E-state index contributed by atoms with van der Waals surface area (Å²) >= 11 is 5.88. The van der Waals surface area contributed by atoms with Crippen molar-refractivity contribution in [2.75, 3.05) is 5.32 Å². The number of halogens is 1. The van der Waals surface area contributed by atoms with E-state index in [0.29, 0.717) is 10.7 Å². The molecule has 1 heterocycles. The minimum atomic E-state index is -0.460. The topological polar surface area (TPSA) is 85.9 Å². The monoisotopic (exact) mass is 303 g/mol. The van der Waals surface area contributed by atoms with Gasteiger partial charge in [-0.3, -0.25) is 10.1 Å². The lowest BCUT2D eigenvalue weighted by Gasteiger charge is -2.08. The molecule has 0 bridgehead atoms. The Kier molecular flexibility index (Phi) is 3.41. The third-order valence-electron chi connectivity index (χ3n) is 2.99. The molecule has 3 aromatic rings. The summed E-state index contributed by atoms with van der Waals surface area (Å²) in [4.78, 5) is 10.5. The number of nitrogens with zero attached hydrogens (tertiary/aromatic N) is 4. The second-order valence-corrected chi connectivity index (χ2v) is 4.77. The maximum Gasteiger partial charge on any atom is 0.292 e. The fourth-order valence-corrected chi connectivity index (χ4v) is 2.18. The fraction of sp³-hybridized carbons (Fsp3) is 0.0769. The Morgan fingerprint density at radius 3 is 2.90 bits per heavy atom. The highest BCUT2D eigenvalue weighted by atomic mass is 35.5. The first-order chi connectivity index (χ1) is 10.1. The number of fused-ring (bicyclic) bond motifs is 1. The van der Waals surface area contributed by atoms with Crippen molar-refractivity contribution in [2.24, 2.45) is 0 Å².